The third-order valence-electron chi connectivity index (χ3n) is 6.46. The van der Waals surface area contributed by atoms with Crippen LogP contribution >= 0.6 is 0 Å². The molecule has 0 atom stereocenters. The van der Waals surface area contributed by atoms with E-state index >= 15 is 0 Å². The Morgan fingerprint density at radius 3 is 2.72 bits per heavy atom. The van der Waals surface area contributed by atoms with Crippen molar-refractivity contribution in [2.75, 3.05) is 11.5 Å². The molecule has 9 heteroatoms. The molecule has 4 aromatic heterocycles. The van der Waals surface area contributed by atoms with Gasteiger partial charge in [0.1, 0.15) is 9.84 Å². The molecule has 0 aliphatic carbocycles. The molecule has 5 heterocycles. The van der Waals surface area contributed by atoms with Crippen molar-refractivity contribution in [3.05, 3.63) is 53.6 Å². The Morgan fingerprint density at radius 2 is 1.91 bits per heavy atom. The second kappa shape index (κ2) is 6.83. The first-order valence-electron chi connectivity index (χ1n) is 10.7. The maximum absolute atomic E-state index is 12.0. The van der Waals surface area contributed by atoms with Crippen molar-refractivity contribution < 1.29 is 8.42 Å². The minimum absolute atomic E-state index is 0.0717. The van der Waals surface area contributed by atoms with Gasteiger partial charge in [-0.25, -0.2) is 13.4 Å². The molecule has 0 unspecified atom stereocenters. The fraction of sp³-hybridized carbons (Fsp3) is 0.304. The van der Waals surface area contributed by atoms with E-state index in [9.17, 15) is 8.42 Å². The van der Waals surface area contributed by atoms with Gasteiger partial charge < -0.3 is 0 Å². The van der Waals surface area contributed by atoms with Gasteiger partial charge in [0.05, 0.1) is 40.0 Å². The standard InChI is InChI=1S/C23H22N6O2S/c1-13-3-4-19-16(9-13)10-17(11-24-19)18-12-25-29-22(18)26-21(20-14(2)27-28-23(20)29)15-5-7-32(30,31)8-6-15/h3-4,9-12,15H,5-8H2,1-2H3,(H,27,28). The van der Waals surface area contributed by atoms with Crippen LogP contribution in [-0.2, 0) is 9.84 Å². The van der Waals surface area contributed by atoms with Crippen molar-refractivity contribution in [1.82, 2.24) is 29.8 Å². The van der Waals surface area contributed by atoms with Crippen LogP contribution in [-0.4, -0.2) is 49.7 Å². The molecule has 0 amide bonds. The smallest absolute Gasteiger partial charge is 0.165 e. The van der Waals surface area contributed by atoms with E-state index in [1.165, 1.54) is 5.56 Å². The SMILES string of the molecule is Cc1ccc2ncc(-c3cnn4c3nc(C3CCS(=O)(=O)CC3)c3c(C)n[nH]c34)cc2c1. The van der Waals surface area contributed by atoms with Crippen LogP contribution in [0.25, 0.3) is 38.7 Å². The molecule has 1 saturated heterocycles. The van der Waals surface area contributed by atoms with Crippen molar-refractivity contribution in [2.45, 2.75) is 32.6 Å². The first kappa shape index (κ1) is 19.4. The third-order valence-corrected chi connectivity index (χ3v) is 8.17. The molecule has 8 nitrogen and oxygen atoms in total. The van der Waals surface area contributed by atoms with Gasteiger partial charge >= 0.3 is 0 Å². The lowest BCUT2D eigenvalue weighted by atomic mass is 9.95. The quantitative estimate of drug-likeness (QED) is 0.443. The molecule has 5 aromatic rings. The molecule has 32 heavy (non-hydrogen) atoms. The lowest BCUT2D eigenvalue weighted by Crippen LogP contribution is -2.23. The van der Waals surface area contributed by atoms with Gasteiger partial charge in [0.25, 0.3) is 0 Å². The van der Waals surface area contributed by atoms with E-state index < -0.39 is 9.84 Å². The normalized spacial score (nSPS) is 16.9. The summed E-state index contributed by atoms with van der Waals surface area (Å²) in [5.74, 6) is 0.467. The summed E-state index contributed by atoms with van der Waals surface area (Å²) in [6, 6.07) is 8.31. The van der Waals surface area contributed by atoms with Gasteiger partial charge in [-0.1, -0.05) is 11.6 Å². The number of pyridine rings is 1. The first-order chi connectivity index (χ1) is 15.4. The molecule has 1 N–H and O–H groups in total. The number of sulfone groups is 1. The van der Waals surface area contributed by atoms with E-state index in [0.717, 1.165) is 50.1 Å². The summed E-state index contributed by atoms with van der Waals surface area (Å²) < 4.78 is 25.8. The molecule has 162 valence electrons. The Labute approximate surface area is 184 Å². The van der Waals surface area contributed by atoms with Crippen LogP contribution in [0.1, 0.15) is 35.7 Å². The Hall–Kier alpha value is -3.33. The lowest BCUT2D eigenvalue weighted by molar-refractivity contribution is 0.546. The van der Waals surface area contributed by atoms with Crippen molar-refractivity contribution in [2.24, 2.45) is 0 Å². The number of hydrogen-bond donors (Lipinski definition) is 1. The van der Waals surface area contributed by atoms with Crippen LogP contribution in [0.4, 0.5) is 0 Å². The number of aryl methyl sites for hydroxylation is 2. The van der Waals surface area contributed by atoms with Crippen LogP contribution in [0, 0.1) is 13.8 Å². The van der Waals surface area contributed by atoms with Crippen LogP contribution < -0.4 is 0 Å². The molecule has 6 rings (SSSR count). The second-order valence-corrected chi connectivity index (χ2v) is 11.0. The van der Waals surface area contributed by atoms with Crippen molar-refractivity contribution in [3.8, 4) is 11.1 Å². The van der Waals surface area contributed by atoms with Gasteiger partial charge in [-0.3, -0.25) is 10.1 Å². The maximum Gasteiger partial charge on any atom is 0.165 e. The lowest BCUT2D eigenvalue weighted by Gasteiger charge is -2.22. The molecule has 0 radical (unpaired) electrons. The topological polar surface area (TPSA) is 106 Å². The highest BCUT2D eigenvalue weighted by molar-refractivity contribution is 7.91. The van der Waals surface area contributed by atoms with E-state index in [1.807, 2.05) is 25.4 Å². The summed E-state index contributed by atoms with van der Waals surface area (Å²) in [7, 11) is -2.96. The summed E-state index contributed by atoms with van der Waals surface area (Å²) in [5.41, 5.74) is 7.21. The maximum atomic E-state index is 12.0. The van der Waals surface area contributed by atoms with Crippen molar-refractivity contribution >= 4 is 37.4 Å². The molecule has 1 fully saturated rings. The summed E-state index contributed by atoms with van der Waals surface area (Å²) in [6.07, 6.45) is 4.81. The van der Waals surface area contributed by atoms with Crippen LogP contribution in [0.15, 0.2) is 36.7 Å². The number of H-pyrrole nitrogens is 1. The van der Waals surface area contributed by atoms with Crippen LogP contribution in [0.3, 0.4) is 0 Å². The minimum Gasteiger partial charge on any atom is -0.260 e. The van der Waals surface area contributed by atoms with E-state index in [0.29, 0.717) is 12.8 Å². The third kappa shape index (κ3) is 2.99. The number of aromatic nitrogens is 6. The number of benzene rings is 1. The molecule has 0 saturated carbocycles. The Bertz CT molecular complexity index is 1620. The van der Waals surface area contributed by atoms with Crippen LogP contribution in [0.2, 0.25) is 0 Å². The highest BCUT2D eigenvalue weighted by atomic mass is 32.2. The fourth-order valence-electron chi connectivity index (χ4n) is 4.72. The van der Waals surface area contributed by atoms with Gasteiger partial charge in [-0.2, -0.15) is 14.7 Å². The number of hydrogen-bond acceptors (Lipinski definition) is 6. The minimum atomic E-state index is -2.96. The molecule has 0 bridgehead atoms. The second-order valence-electron chi connectivity index (χ2n) is 8.67. The highest BCUT2D eigenvalue weighted by Crippen LogP contribution is 2.36. The van der Waals surface area contributed by atoms with E-state index in [4.69, 9.17) is 4.98 Å². The zero-order valence-electron chi connectivity index (χ0n) is 17.8. The molecule has 1 aromatic carbocycles. The summed E-state index contributed by atoms with van der Waals surface area (Å²) >= 11 is 0. The van der Waals surface area contributed by atoms with Gasteiger partial charge in [-0.15, -0.1) is 0 Å². The number of nitrogens with zero attached hydrogens (tertiary/aromatic N) is 5. The van der Waals surface area contributed by atoms with Gasteiger partial charge in [-0.05, 0) is 44.9 Å². The Balaban J connectivity index is 1.56. The summed E-state index contributed by atoms with van der Waals surface area (Å²) in [5, 5.41) is 14.1. The zero-order chi connectivity index (χ0) is 22.0. The summed E-state index contributed by atoms with van der Waals surface area (Å²) in [6.45, 7) is 4.01. The van der Waals surface area contributed by atoms with E-state index in [-0.39, 0.29) is 17.4 Å². The summed E-state index contributed by atoms with van der Waals surface area (Å²) in [4.78, 5) is 9.69. The highest BCUT2D eigenvalue weighted by Gasteiger charge is 2.29. The molecular weight excluding hydrogens is 424 g/mol. The monoisotopic (exact) mass is 446 g/mol. The molecule has 0 spiro atoms. The van der Waals surface area contributed by atoms with Gasteiger partial charge in [0.15, 0.2) is 11.3 Å². The first-order valence-corrected chi connectivity index (χ1v) is 12.5. The predicted molar refractivity (Wildman–Crippen MR) is 123 cm³/mol. The number of nitrogens with one attached hydrogen (secondary N) is 1. The number of aromatic amines is 1. The van der Waals surface area contributed by atoms with E-state index in [1.54, 1.807) is 4.52 Å². The molecule has 1 aliphatic heterocycles. The van der Waals surface area contributed by atoms with Crippen molar-refractivity contribution in [3.63, 3.8) is 0 Å². The molecule has 1 aliphatic rings. The van der Waals surface area contributed by atoms with Gasteiger partial charge in [0.2, 0.25) is 0 Å². The van der Waals surface area contributed by atoms with Crippen LogP contribution in [0.5, 0.6) is 0 Å². The zero-order valence-corrected chi connectivity index (χ0v) is 18.6. The Morgan fingerprint density at radius 1 is 1.09 bits per heavy atom. The van der Waals surface area contributed by atoms with Gasteiger partial charge in [0, 0.05) is 28.6 Å². The van der Waals surface area contributed by atoms with Crippen molar-refractivity contribution in [1.29, 1.82) is 0 Å². The number of rotatable bonds is 2. The largest absolute Gasteiger partial charge is 0.260 e. The average Bonchev–Trinajstić information content (AvgIpc) is 3.36. The average molecular weight is 447 g/mol. The number of fused-ring (bicyclic) bond motifs is 4. The predicted octanol–water partition coefficient (Wildman–Crippen LogP) is 3.73. The molecular formula is C23H22N6O2S. The fourth-order valence-corrected chi connectivity index (χ4v) is 6.22. The van der Waals surface area contributed by atoms with E-state index in [2.05, 4.69) is 45.4 Å². The Kier molecular flexibility index (Phi) is 4.13.